The molecule has 2 heteroatoms. The summed E-state index contributed by atoms with van der Waals surface area (Å²) in [5, 5.41) is 0. The van der Waals surface area contributed by atoms with Crippen LogP contribution in [-0.4, -0.2) is 9.97 Å². The number of benzene rings is 2. The van der Waals surface area contributed by atoms with Crippen LogP contribution < -0.4 is 0 Å². The van der Waals surface area contributed by atoms with Crippen LogP contribution in [0.4, 0.5) is 0 Å². The Bertz CT molecular complexity index is 1060. The Balaban J connectivity index is 1.57. The number of pyridine rings is 2. The predicted octanol–water partition coefficient (Wildman–Crippen LogP) is 6.12. The average Bonchev–Trinajstić information content (AvgIpc) is 3.19. The summed E-state index contributed by atoms with van der Waals surface area (Å²) in [6.07, 6.45) is 9.78. The lowest BCUT2D eigenvalue weighted by Gasteiger charge is -2.25. The van der Waals surface area contributed by atoms with E-state index in [2.05, 4.69) is 88.8 Å². The Morgan fingerprint density at radius 1 is 0.690 bits per heavy atom. The molecule has 1 aliphatic rings. The van der Waals surface area contributed by atoms with Gasteiger partial charge in [0, 0.05) is 30.7 Å². The van der Waals surface area contributed by atoms with Gasteiger partial charge in [-0.3, -0.25) is 9.97 Å². The van der Waals surface area contributed by atoms with Gasteiger partial charge in [-0.05, 0) is 76.8 Å². The lowest BCUT2D eigenvalue weighted by molar-refractivity contribution is 0.514. The molecule has 4 aromatic rings. The maximum absolute atomic E-state index is 4.26. The molecule has 2 aromatic carbocycles. The maximum atomic E-state index is 4.26. The zero-order valence-corrected chi connectivity index (χ0v) is 16.4. The molecule has 1 aliphatic carbocycles. The summed E-state index contributed by atoms with van der Waals surface area (Å²) in [6, 6.07) is 28.6. The Kier molecular flexibility index (Phi) is 4.92. The normalized spacial score (nSPS) is 18.9. The second kappa shape index (κ2) is 8.00. The minimum Gasteiger partial charge on any atom is -0.265 e. The Morgan fingerprint density at radius 2 is 1.31 bits per heavy atom. The minimum atomic E-state index is 0.412. The highest BCUT2D eigenvalue weighted by Gasteiger charge is 2.36. The molecule has 0 saturated heterocycles. The highest BCUT2D eigenvalue weighted by molar-refractivity contribution is 5.47. The van der Waals surface area contributed by atoms with Crippen LogP contribution in [0, 0.1) is 0 Å². The quantitative estimate of drug-likeness (QED) is 0.419. The van der Waals surface area contributed by atoms with Crippen LogP contribution in [0.5, 0.6) is 0 Å². The van der Waals surface area contributed by atoms with Gasteiger partial charge in [-0.25, -0.2) is 0 Å². The van der Waals surface area contributed by atoms with Crippen LogP contribution in [0.25, 0.3) is 0 Å². The molecule has 2 aromatic heterocycles. The van der Waals surface area contributed by atoms with E-state index in [0.717, 1.165) is 12.8 Å². The molecule has 0 amide bonds. The molecule has 0 saturated carbocycles. The van der Waals surface area contributed by atoms with E-state index in [0.29, 0.717) is 17.8 Å². The molecule has 2 nitrogen and oxygen atoms in total. The molecule has 0 spiro atoms. The maximum Gasteiger partial charge on any atom is 0.0270 e. The Labute approximate surface area is 172 Å². The first-order chi connectivity index (χ1) is 14.4. The standard InChI is InChI=1S/C27H24N2/c1-2-6-21(7-3-1)26-19-27(24-9-5-4-8-23(24)26)25(22-12-16-29-17-13-22)18-20-10-14-28-15-11-20/h1-17,25-27H,18-19H2. The largest absolute Gasteiger partial charge is 0.265 e. The van der Waals surface area contributed by atoms with Crippen LogP contribution >= 0.6 is 0 Å². The molecule has 142 valence electrons. The second-order valence-electron chi connectivity index (χ2n) is 7.88. The van der Waals surface area contributed by atoms with Crippen molar-refractivity contribution in [2.75, 3.05) is 0 Å². The summed E-state index contributed by atoms with van der Waals surface area (Å²) in [7, 11) is 0. The minimum absolute atomic E-state index is 0.412. The first kappa shape index (κ1) is 17.8. The molecular weight excluding hydrogens is 352 g/mol. The van der Waals surface area contributed by atoms with Crippen LogP contribution in [-0.2, 0) is 6.42 Å². The fraction of sp³-hybridized carbons (Fsp3) is 0.185. The number of rotatable bonds is 5. The summed E-state index contributed by atoms with van der Waals surface area (Å²) in [6.45, 7) is 0. The molecule has 0 fully saturated rings. The molecule has 0 bridgehead atoms. The molecule has 0 radical (unpaired) electrons. The van der Waals surface area contributed by atoms with E-state index in [9.17, 15) is 0 Å². The summed E-state index contributed by atoms with van der Waals surface area (Å²) in [5.74, 6) is 1.35. The lowest BCUT2D eigenvalue weighted by atomic mass is 9.78. The van der Waals surface area contributed by atoms with E-state index in [-0.39, 0.29) is 0 Å². The second-order valence-corrected chi connectivity index (χ2v) is 7.88. The zero-order chi connectivity index (χ0) is 19.5. The number of hydrogen-bond acceptors (Lipinski definition) is 2. The van der Waals surface area contributed by atoms with Gasteiger partial charge < -0.3 is 0 Å². The van der Waals surface area contributed by atoms with Gasteiger partial charge in [-0.2, -0.15) is 0 Å². The summed E-state index contributed by atoms with van der Waals surface area (Å²) in [5.41, 5.74) is 7.10. The van der Waals surface area contributed by atoms with Gasteiger partial charge in [0.25, 0.3) is 0 Å². The molecule has 5 rings (SSSR count). The van der Waals surface area contributed by atoms with Crippen molar-refractivity contribution in [3.63, 3.8) is 0 Å². The fourth-order valence-electron chi connectivity index (χ4n) is 4.93. The number of nitrogens with zero attached hydrogens (tertiary/aromatic N) is 2. The molecule has 2 heterocycles. The first-order valence-corrected chi connectivity index (χ1v) is 10.3. The van der Waals surface area contributed by atoms with Gasteiger partial charge in [0.1, 0.15) is 0 Å². The van der Waals surface area contributed by atoms with Crippen molar-refractivity contribution in [2.24, 2.45) is 0 Å². The third-order valence-electron chi connectivity index (χ3n) is 6.29. The van der Waals surface area contributed by atoms with E-state index in [1.54, 1.807) is 0 Å². The van der Waals surface area contributed by atoms with Gasteiger partial charge >= 0.3 is 0 Å². The van der Waals surface area contributed by atoms with Crippen molar-refractivity contribution in [1.29, 1.82) is 0 Å². The van der Waals surface area contributed by atoms with Crippen LogP contribution in [0.1, 0.15) is 52.0 Å². The smallest absolute Gasteiger partial charge is 0.0270 e. The predicted molar refractivity (Wildman–Crippen MR) is 117 cm³/mol. The highest BCUT2D eigenvalue weighted by Crippen LogP contribution is 2.51. The number of fused-ring (bicyclic) bond motifs is 1. The van der Waals surface area contributed by atoms with E-state index >= 15 is 0 Å². The third-order valence-corrected chi connectivity index (χ3v) is 6.29. The Morgan fingerprint density at radius 3 is 2.03 bits per heavy atom. The third kappa shape index (κ3) is 3.58. The van der Waals surface area contributed by atoms with E-state index in [4.69, 9.17) is 0 Å². The van der Waals surface area contributed by atoms with E-state index < -0.39 is 0 Å². The van der Waals surface area contributed by atoms with Gasteiger partial charge in [0.2, 0.25) is 0 Å². The van der Waals surface area contributed by atoms with Gasteiger partial charge in [0.15, 0.2) is 0 Å². The SMILES string of the molecule is c1ccc(C2CC(C(Cc3ccncc3)c3ccncc3)c3ccccc32)cc1. The van der Waals surface area contributed by atoms with Crippen molar-refractivity contribution in [3.8, 4) is 0 Å². The fourth-order valence-corrected chi connectivity index (χ4v) is 4.93. The Hall–Kier alpha value is -3.26. The first-order valence-electron chi connectivity index (χ1n) is 10.3. The van der Waals surface area contributed by atoms with Crippen molar-refractivity contribution >= 4 is 0 Å². The van der Waals surface area contributed by atoms with Crippen LogP contribution in [0.15, 0.2) is 104 Å². The highest BCUT2D eigenvalue weighted by atomic mass is 14.6. The van der Waals surface area contributed by atoms with Crippen LogP contribution in [0.3, 0.4) is 0 Å². The van der Waals surface area contributed by atoms with E-state index in [1.807, 2.05) is 24.8 Å². The lowest BCUT2D eigenvalue weighted by Crippen LogP contribution is -2.13. The summed E-state index contributed by atoms with van der Waals surface area (Å²) >= 11 is 0. The van der Waals surface area contributed by atoms with Crippen molar-refractivity contribution in [3.05, 3.63) is 131 Å². The van der Waals surface area contributed by atoms with Crippen molar-refractivity contribution < 1.29 is 0 Å². The molecule has 3 atom stereocenters. The van der Waals surface area contributed by atoms with Gasteiger partial charge in [0.05, 0.1) is 0 Å². The zero-order valence-electron chi connectivity index (χ0n) is 16.4. The van der Waals surface area contributed by atoms with Crippen molar-refractivity contribution in [2.45, 2.75) is 30.6 Å². The molecular formula is C27H24N2. The topological polar surface area (TPSA) is 25.8 Å². The van der Waals surface area contributed by atoms with Crippen LogP contribution in [0.2, 0.25) is 0 Å². The van der Waals surface area contributed by atoms with Gasteiger partial charge in [-0.1, -0.05) is 54.6 Å². The molecule has 0 N–H and O–H groups in total. The summed E-state index contributed by atoms with van der Waals surface area (Å²) < 4.78 is 0. The number of hydrogen-bond donors (Lipinski definition) is 0. The van der Waals surface area contributed by atoms with E-state index in [1.165, 1.54) is 27.8 Å². The average molecular weight is 377 g/mol. The monoisotopic (exact) mass is 376 g/mol. The molecule has 29 heavy (non-hydrogen) atoms. The number of aromatic nitrogens is 2. The molecule has 3 unspecified atom stereocenters. The van der Waals surface area contributed by atoms with Crippen molar-refractivity contribution in [1.82, 2.24) is 9.97 Å². The summed E-state index contributed by atoms with van der Waals surface area (Å²) in [4.78, 5) is 8.46. The molecule has 0 aliphatic heterocycles. The van der Waals surface area contributed by atoms with Gasteiger partial charge in [-0.15, -0.1) is 0 Å².